The summed E-state index contributed by atoms with van der Waals surface area (Å²) in [6, 6.07) is 14.4. The number of hydrogen-bond acceptors (Lipinski definition) is 4. The molecule has 6 nitrogen and oxygen atoms in total. The summed E-state index contributed by atoms with van der Waals surface area (Å²) in [6.45, 7) is 3.96. The summed E-state index contributed by atoms with van der Waals surface area (Å²) in [5, 5.41) is 0. The van der Waals surface area contributed by atoms with Crippen LogP contribution in [0.2, 0.25) is 0 Å². The molecule has 0 aliphatic carbocycles. The number of carbonyl (C=O) groups excluding carboxylic acids is 2. The third-order valence-electron chi connectivity index (χ3n) is 5.45. The molecule has 172 valence electrons. The Morgan fingerprint density at radius 3 is 2.27 bits per heavy atom. The van der Waals surface area contributed by atoms with Crippen molar-refractivity contribution in [3.63, 3.8) is 0 Å². The second-order valence-electron chi connectivity index (χ2n) is 8.07. The van der Waals surface area contributed by atoms with Crippen LogP contribution in [0.1, 0.15) is 25.2 Å². The smallest absolute Gasteiger partial charge is 0.329 e. The number of anilines is 1. The fourth-order valence-corrected chi connectivity index (χ4v) is 4.22. The van der Waals surface area contributed by atoms with Crippen molar-refractivity contribution in [3.8, 4) is 0 Å². The first kappa shape index (κ1) is 22.9. The van der Waals surface area contributed by atoms with E-state index >= 15 is 0 Å². The maximum atomic E-state index is 13.3. The summed E-state index contributed by atoms with van der Waals surface area (Å²) in [5.74, 6) is 0.164. The number of nitrogens with zero attached hydrogens (tertiary/aromatic N) is 4. The summed E-state index contributed by atoms with van der Waals surface area (Å²) in [7, 11) is 0. The fraction of sp³-hybridized carbons (Fsp3) is 0.261. The van der Waals surface area contributed by atoms with Crippen LogP contribution in [0.3, 0.4) is 0 Å². The molecule has 3 amide bonds. The van der Waals surface area contributed by atoms with Gasteiger partial charge in [-0.25, -0.2) is 14.7 Å². The van der Waals surface area contributed by atoms with Crippen LogP contribution in [0.5, 0.6) is 0 Å². The van der Waals surface area contributed by atoms with Crippen LogP contribution in [0, 0.1) is 0 Å². The Balaban J connectivity index is 1.56. The van der Waals surface area contributed by atoms with Crippen LogP contribution in [0.4, 0.5) is 23.7 Å². The molecular weight excluding hydrogens is 453 g/mol. The minimum absolute atomic E-state index is 0.0237. The van der Waals surface area contributed by atoms with Crippen molar-refractivity contribution in [1.29, 1.82) is 0 Å². The second-order valence-corrected chi connectivity index (χ2v) is 9.21. The van der Waals surface area contributed by atoms with E-state index in [1.54, 1.807) is 20.0 Å². The second kappa shape index (κ2) is 8.58. The third-order valence-corrected chi connectivity index (χ3v) is 6.19. The first-order chi connectivity index (χ1) is 15.6. The molecule has 3 aromatic rings. The number of urea groups is 1. The SMILES string of the molecule is CC1(C)C(=O)N(c2ccc(SC(F)(F)F)cc2)C(=O)N1Cc1nccn1Cc1ccccc1. The molecule has 1 saturated heterocycles. The minimum atomic E-state index is -4.42. The van der Waals surface area contributed by atoms with Gasteiger partial charge in [0.2, 0.25) is 0 Å². The van der Waals surface area contributed by atoms with Gasteiger partial charge < -0.3 is 9.47 Å². The highest BCUT2D eigenvalue weighted by atomic mass is 32.2. The standard InChI is InChI=1S/C23H21F3N4O2S/c1-22(2)20(31)30(17-8-10-18(11-9-17)33-23(24,25)26)21(32)29(22)15-19-27-12-13-28(19)14-16-6-4-3-5-7-16/h3-13H,14-15H2,1-2H3. The van der Waals surface area contributed by atoms with Crippen molar-refractivity contribution in [3.05, 3.63) is 78.4 Å². The molecule has 2 heterocycles. The summed E-state index contributed by atoms with van der Waals surface area (Å²) < 4.78 is 39.7. The Hall–Kier alpha value is -3.27. The molecule has 1 aromatic heterocycles. The van der Waals surface area contributed by atoms with Gasteiger partial charge in [0.05, 0.1) is 12.2 Å². The van der Waals surface area contributed by atoms with Crippen LogP contribution in [-0.4, -0.2) is 37.4 Å². The normalized spacial score (nSPS) is 16.0. The Kier molecular flexibility index (Phi) is 5.96. The molecule has 0 saturated carbocycles. The number of alkyl halides is 3. The van der Waals surface area contributed by atoms with Crippen LogP contribution in [0.15, 0.2) is 71.9 Å². The largest absolute Gasteiger partial charge is 0.446 e. The van der Waals surface area contributed by atoms with E-state index < -0.39 is 23.0 Å². The fourth-order valence-electron chi connectivity index (χ4n) is 3.68. The quantitative estimate of drug-likeness (QED) is 0.360. The Morgan fingerprint density at radius 1 is 0.970 bits per heavy atom. The number of amides is 3. The predicted molar refractivity (Wildman–Crippen MR) is 119 cm³/mol. The number of imide groups is 1. The number of aromatic nitrogens is 2. The van der Waals surface area contributed by atoms with E-state index in [1.165, 1.54) is 29.2 Å². The molecule has 1 aliphatic heterocycles. The van der Waals surface area contributed by atoms with E-state index in [0.29, 0.717) is 12.4 Å². The topological polar surface area (TPSA) is 58.4 Å². The maximum absolute atomic E-state index is 13.3. The van der Waals surface area contributed by atoms with E-state index in [-0.39, 0.29) is 28.9 Å². The van der Waals surface area contributed by atoms with Crippen molar-refractivity contribution in [2.24, 2.45) is 0 Å². The van der Waals surface area contributed by atoms with Gasteiger partial charge in [0.15, 0.2) is 0 Å². The molecule has 0 bridgehead atoms. The first-order valence-corrected chi connectivity index (χ1v) is 10.9. The number of benzene rings is 2. The lowest BCUT2D eigenvalue weighted by atomic mass is 10.0. The number of carbonyl (C=O) groups is 2. The van der Waals surface area contributed by atoms with Gasteiger partial charge in [0.1, 0.15) is 11.4 Å². The summed E-state index contributed by atoms with van der Waals surface area (Å²) in [6.07, 6.45) is 3.45. The van der Waals surface area contributed by atoms with Gasteiger partial charge in [0, 0.05) is 23.8 Å². The average Bonchev–Trinajstić information content (AvgIpc) is 3.25. The number of hydrogen-bond donors (Lipinski definition) is 0. The zero-order chi connectivity index (χ0) is 23.8. The average molecular weight is 475 g/mol. The van der Waals surface area contributed by atoms with Gasteiger partial charge >= 0.3 is 11.5 Å². The van der Waals surface area contributed by atoms with Gasteiger partial charge in [-0.05, 0) is 55.4 Å². The monoisotopic (exact) mass is 474 g/mol. The van der Waals surface area contributed by atoms with Gasteiger partial charge in [-0.3, -0.25) is 4.79 Å². The molecule has 0 radical (unpaired) electrons. The molecule has 0 unspecified atom stereocenters. The van der Waals surface area contributed by atoms with E-state index in [2.05, 4.69) is 4.98 Å². The summed E-state index contributed by atoms with van der Waals surface area (Å²) >= 11 is -0.251. The maximum Gasteiger partial charge on any atom is 0.446 e. The number of rotatable bonds is 6. The zero-order valence-corrected chi connectivity index (χ0v) is 18.7. The van der Waals surface area contributed by atoms with Crippen molar-refractivity contribution in [2.45, 2.75) is 42.9 Å². The predicted octanol–water partition coefficient (Wildman–Crippen LogP) is 5.29. The van der Waals surface area contributed by atoms with Crippen LogP contribution >= 0.6 is 11.8 Å². The van der Waals surface area contributed by atoms with Gasteiger partial charge in [-0.2, -0.15) is 13.2 Å². The van der Waals surface area contributed by atoms with Crippen molar-refractivity contribution in [2.75, 3.05) is 4.90 Å². The molecule has 0 spiro atoms. The highest BCUT2D eigenvalue weighted by Gasteiger charge is 2.52. The Bertz CT molecular complexity index is 1160. The van der Waals surface area contributed by atoms with Gasteiger partial charge in [-0.15, -0.1) is 0 Å². The molecule has 33 heavy (non-hydrogen) atoms. The number of imidazole rings is 1. The van der Waals surface area contributed by atoms with Crippen molar-refractivity contribution in [1.82, 2.24) is 14.5 Å². The lowest BCUT2D eigenvalue weighted by molar-refractivity contribution is -0.123. The molecular formula is C23H21F3N4O2S. The van der Waals surface area contributed by atoms with E-state index in [0.717, 1.165) is 10.5 Å². The lowest BCUT2D eigenvalue weighted by Gasteiger charge is -2.27. The molecule has 0 atom stereocenters. The van der Waals surface area contributed by atoms with Crippen molar-refractivity contribution < 1.29 is 22.8 Å². The summed E-state index contributed by atoms with van der Waals surface area (Å²) in [4.78, 5) is 33.2. The molecule has 1 aliphatic rings. The Morgan fingerprint density at radius 2 is 1.64 bits per heavy atom. The number of thioether (sulfide) groups is 1. The molecule has 10 heteroatoms. The van der Waals surface area contributed by atoms with Gasteiger partial charge in [-0.1, -0.05) is 30.3 Å². The van der Waals surface area contributed by atoms with E-state index in [1.807, 2.05) is 41.1 Å². The third kappa shape index (κ3) is 4.75. The molecule has 2 aromatic carbocycles. The molecule has 0 N–H and O–H groups in total. The van der Waals surface area contributed by atoms with Gasteiger partial charge in [0.25, 0.3) is 5.91 Å². The van der Waals surface area contributed by atoms with Crippen LogP contribution in [-0.2, 0) is 17.9 Å². The lowest BCUT2D eigenvalue weighted by Crippen LogP contribution is -2.44. The minimum Gasteiger partial charge on any atom is -0.329 e. The van der Waals surface area contributed by atoms with Crippen LogP contribution in [0.25, 0.3) is 0 Å². The highest BCUT2D eigenvalue weighted by Crippen LogP contribution is 2.38. The summed E-state index contributed by atoms with van der Waals surface area (Å²) in [5.41, 5.74) is -4.28. The van der Waals surface area contributed by atoms with E-state index in [9.17, 15) is 22.8 Å². The molecule has 1 fully saturated rings. The first-order valence-electron chi connectivity index (χ1n) is 10.1. The van der Waals surface area contributed by atoms with E-state index in [4.69, 9.17) is 0 Å². The number of halogens is 3. The Labute approximate surface area is 193 Å². The van der Waals surface area contributed by atoms with Crippen LogP contribution < -0.4 is 4.90 Å². The molecule has 4 rings (SSSR count). The van der Waals surface area contributed by atoms with Crippen molar-refractivity contribution >= 4 is 29.4 Å². The highest BCUT2D eigenvalue weighted by molar-refractivity contribution is 8.00. The zero-order valence-electron chi connectivity index (χ0n) is 17.9.